The Labute approximate surface area is 154 Å². The van der Waals surface area contributed by atoms with Crippen molar-refractivity contribution in [3.05, 3.63) is 59.7 Å². The Morgan fingerprint density at radius 3 is 2.38 bits per heavy atom. The lowest BCUT2D eigenvalue weighted by molar-refractivity contribution is 0.102. The Bertz CT molecular complexity index is 870. The molecule has 0 saturated heterocycles. The molecular weight excluding hydrogens is 348 g/mol. The lowest BCUT2D eigenvalue weighted by Crippen LogP contribution is -2.36. The maximum Gasteiger partial charge on any atom is 0.255 e. The molecule has 3 rings (SSSR count). The highest BCUT2D eigenvalue weighted by Crippen LogP contribution is 2.21. The highest BCUT2D eigenvalue weighted by Gasteiger charge is 2.22. The van der Waals surface area contributed by atoms with E-state index in [1.807, 2.05) is 31.2 Å². The molecule has 1 amide bonds. The monoisotopic (exact) mass is 372 g/mol. The molecule has 1 saturated carbocycles. The van der Waals surface area contributed by atoms with E-state index in [2.05, 4.69) is 10.0 Å². The summed E-state index contributed by atoms with van der Waals surface area (Å²) in [5.74, 6) is -0.330. The molecule has 26 heavy (non-hydrogen) atoms. The summed E-state index contributed by atoms with van der Waals surface area (Å²) in [5.41, 5.74) is 2.09. The van der Waals surface area contributed by atoms with Crippen LogP contribution in [0, 0.1) is 6.92 Å². The fraction of sp³-hybridized carbons (Fsp3) is 0.350. The third-order valence-electron chi connectivity index (χ3n) is 4.64. The number of hydrogen-bond acceptors (Lipinski definition) is 3. The van der Waals surface area contributed by atoms with Gasteiger partial charge in [0.25, 0.3) is 5.91 Å². The molecular formula is C20H24N2O3S. The third kappa shape index (κ3) is 4.71. The molecule has 138 valence electrons. The molecule has 5 nitrogen and oxygen atoms in total. The number of amides is 1. The molecule has 1 aliphatic carbocycles. The average Bonchev–Trinajstić information content (AvgIpc) is 2.64. The number of anilines is 1. The van der Waals surface area contributed by atoms with Gasteiger partial charge in [0.05, 0.1) is 4.90 Å². The molecule has 0 unspecified atom stereocenters. The zero-order valence-electron chi connectivity index (χ0n) is 14.9. The van der Waals surface area contributed by atoms with Crippen molar-refractivity contribution in [3.8, 4) is 0 Å². The van der Waals surface area contributed by atoms with Gasteiger partial charge in [-0.05, 0) is 50.1 Å². The maximum atomic E-state index is 12.6. The Morgan fingerprint density at radius 1 is 1.00 bits per heavy atom. The van der Waals surface area contributed by atoms with E-state index in [1.165, 1.54) is 12.1 Å². The van der Waals surface area contributed by atoms with Gasteiger partial charge in [-0.1, -0.05) is 43.0 Å². The molecule has 0 spiro atoms. The summed E-state index contributed by atoms with van der Waals surface area (Å²) in [6.07, 6.45) is 4.99. The van der Waals surface area contributed by atoms with Gasteiger partial charge < -0.3 is 5.32 Å². The smallest absolute Gasteiger partial charge is 0.255 e. The molecule has 0 bridgehead atoms. The van der Waals surface area contributed by atoms with Gasteiger partial charge in [0.2, 0.25) is 10.0 Å². The third-order valence-corrected chi connectivity index (χ3v) is 6.16. The van der Waals surface area contributed by atoms with E-state index in [1.54, 1.807) is 12.1 Å². The fourth-order valence-corrected chi connectivity index (χ4v) is 4.50. The number of hydrogen-bond donors (Lipinski definition) is 2. The van der Waals surface area contributed by atoms with Crippen molar-refractivity contribution in [2.45, 2.75) is 50.0 Å². The summed E-state index contributed by atoms with van der Waals surface area (Å²) >= 11 is 0. The molecule has 6 heteroatoms. The predicted octanol–water partition coefficient (Wildman–Crippen LogP) is 3.86. The first-order valence-electron chi connectivity index (χ1n) is 8.94. The summed E-state index contributed by atoms with van der Waals surface area (Å²) in [7, 11) is -3.62. The van der Waals surface area contributed by atoms with Crippen molar-refractivity contribution in [2.75, 3.05) is 5.32 Å². The Hall–Kier alpha value is -2.18. The van der Waals surface area contributed by atoms with Crippen molar-refractivity contribution in [1.29, 1.82) is 0 Å². The molecule has 0 heterocycles. The van der Waals surface area contributed by atoms with Gasteiger partial charge in [0.1, 0.15) is 0 Å². The molecule has 0 radical (unpaired) electrons. The largest absolute Gasteiger partial charge is 0.322 e. The summed E-state index contributed by atoms with van der Waals surface area (Å²) in [5, 5.41) is 2.79. The number of carbonyl (C=O) groups excluding carboxylic acids is 1. The lowest BCUT2D eigenvalue weighted by Gasteiger charge is -2.22. The van der Waals surface area contributed by atoms with Crippen LogP contribution in [0.5, 0.6) is 0 Å². The minimum atomic E-state index is -3.62. The van der Waals surface area contributed by atoms with Crippen LogP contribution in [0.15, 0.2) is 53.4 Å². The summed E-state index contributed by atoms with van der Waals surface area (Å²) in [6.45, 7) is 1.97. The fourth-order valence-electron chi connectivity index (χ4n) is 3.15. The van der Waals surface area contributed by atoms with Crippen LogP contribution in [0.25, 0.3) is 0 Å². The van der Waals surface area contributed by atoms with Crippen LogP contribution in [-0.2, 0) is 10.0 Å². The highest BCUT2D eigenvalue weighted by atomic mass is 32.2. The first-order chi connectivity index (χ1) is 12.4. The van der Waals surface area contributed by atoms with Crippen LogP contribution in [0.3, 0.4) is 0 Å². The molecule has 0 aliphatic heterocycles. The Kier molecular flexibility index (Phi) is 5.74. The van der Waals surface area contributed by atoms with Gasteiger partial charge in [0, 0.05) is 17.3 Å². The van der Waals surface area contributed by atoms with Gasteiger partial charge in [0.15, 0.2) is 0 Å². The average molecular weight is 372 g/mol. The van der Waals surface area contributed by atoms with Crippen molar-refractivity contribution in [2.24, 2.45) is 0 Å². The predicted molar refractivity (Wildman–Crippen MR) is 103 cm³/mol. The van der Waals surface area contributed by atoms with Crippen LogP contribution < -0.4 is 10.0 Å². The minimum absolute atomic E-state index is 0.0150. The molecule has 2 N–H and O–H groups in total. The second kappa shape index (κ2) is 8.01. The van der Waals surface area contributed by atoms with Crippen LogP contribution in [0.4, 0.5) is 5.69 Å². The van der Waals surface area contributed by atoms with Gasteiger partial charge in [-0.15, -0.1) is 0 Å². The first kappa shape index (κ1) is 18.6. The van der Waals surface area contributed by atoms with E-state index in [0.29, 0.717) is 11.3 Å². The standard InChI is InChI=1S/C20H24N2O3S/c1-15-10-12-17(13-11-15)21-20(23)16-6-5-9-19(14-16)26(24,25)22-18-7-3-2-4-8-18/h5-6,9-14,18,22H,2-4,7-8H2,1H3,(H,21,23). The van der Waals surface area contributed by atoms with Crippen molar-refractivity contribution < 1.29 is 13.2 Å². The topological polar surface area (TPSA) is 75.3 Å². The lowest BCUT2D eigenvalue weighted by atomic mass is 9.96. The van der Waals surface area contributed by atoms with E-state index in [0.717, 1.165) is 37.7 Å². The summed E-state index contributed by atoms with van der Waals surface area (Å²) in [4.78, 5) is 12.6. The van der Waals surface area contributed by atoms with Crippen molar-refractivity contribution >= 4 is 21.6 Å². The number of rotatable bonds is 5. The number of carbonyl (C=O) groups is 1. The summed E-state index contributed by atoms with van der Waals surface area (Å²) < 4.78 is 28.0. The number of nitrogens with one attached hydrogen (secondary N) is 2. The SMILES string of the molecule is Cc1ccc(NC(=O)c2cccc(S(=O)(=O)NC3CCCCC3)c2)cc1. The van der Waals surface area contributed by atoms with E-state index in [9.17, 15) is 13.2 Å². The van der Waals surface area contributed by atoms with Crippen LogP contribution in [0.1, 0.15) is 48.0 Å². The highest BCUT2D eigenvalue weighted by molar-refractivity contribution is 7.89. The van der Waals surface area contributed by atoms with Crippen LogP contribution in [0.2, 0.25) is 0 Å². The quantitative estimate of drug-likeness (QED) is 0.837. The molecule has 0 aromatic heterocycles. The zero-order valence-corrected chi connectivity index (χ0v) is 15.7. The van der Waals surface area contributed by atoms with E-state index in [4.69, 9.17) is 0 Å². The zero-order chi connectivity index (χ0) is 18.6. The van der Waals surface area contributed by atoms with Gasteiger partial charge in [-0.25, -0.2) is 13.1 Å². The first-order valence-corrected chi connectivity index (χ1v) is 10.4. The van der Waals surface area contributed by atoms with Gasteiger partial charge >= 0.3 is 0 Å². The maximum absolute atomic E-state index is 12.6. The molecule has 2 aromatic rings. The van der Waals surface area contributed by atoms with Gasteiger partial charge in [-0.2, -0.15) is 0 Å². The van der Waals surface area contributed by atoms with Crippen molar-refractivity contribution in [1.82, 2.24) is 4.72 Å². The van der Waals surface area contributed by atoms with E-state index < -0.39 is 10.0 Å². The second-order valence-corrected chi connectivity index (χ2v) is 8.52. The van der Waals surface area contributed by atoms with Crippen LogP contribution in [-0.4, -0.2) is 20.4 Å². The Balaban J connectivity index is 1.74. The van der Waals surface area contributed by atoms with Gasteiger partial charge in [-0.3, -0.25) is 4.79 Å². The molecule has 2 aromatic carbocycles. The summed E-state index contributed by atoms with van der Waals surface area (Å²) in [6, 6.07) is 13.6. The van der Waals surface area contributed by atoms with E-state index >= 15 is 0 Å². The van der Waals surface area contributed by atoms with E-state index in [-0.39, 0.29) is 16.8 Å². The Morgan fingerprint density at radius 2 is 1.69 bits per heavy atom. The number of aryl methyl sites for hydroxylation is 1. The number of benzene rings is 2. The van der Waals surface area contributed by atoms with Crippen LogP contribution >= 0.6 is 0 Å². The second-order valence-electron chi connectivity index (χ2n) is 6.80. The normalized spacial score (nSPS) is 15.6. The molecule has 0 atom stereocenters. The number of sulfonamides is 1. The van der Waals surface area contributed by atoms with Crippen molar-refractivity contribution in [3.63, 3.8) is 0 Å². The molecule has 1 aliphatic rings. The molecule has 1 fully saturated rings. The minimum Gasteiger partial charge on any atom is -0.322 e.